The van der Waals surface area contributed by atoms with Gasteiger partial charge in [-0.3, -0.25) is 0 Å². The zero-order valence-corrected chi connectivity index (χ0v) is 55.9. The van der Waals surface area contributed by atoms with Crippen molar-refractivity contribution < 1.29 is 116 Å². The van der Waals surface area contributed by atoms with Gasteiger partial charge in [0.1, 0.15) is 0 Å². The lowest BCUT2D eigenvalue weighted by molar-refractivity contribution is 0.0635. The molecule has 0 aliphatic carbocycles. The Morgan fingerprint density at radius 2 is 0.873 bits per heavy atom. The number of hydrogen-bond donors (Lipinski definition) is 16. The van der Waals surface area contributed by atoms with E-state index < -0.39 is 199 Å². The Hall–Kier alpha value is 3.34. The predicted octanol–water partition coefficient (Wildman–Crippen LogP) is -21.2. The zero-order chi connectivity index (χ0) is 42.5. The van der Waals surface area contributed by atoms with Crippen molar-refractivity contribution in [2.45, 2.75) is 25.2 Å². The normalized spacial score (nSPS) is 22.1. The van der Waals surface area contributed by atoms with E-state index in [-0.39, 0.29) is 26.4 Å². The Kier molecular flexibility index (Phi) is 29.9. The summed E-state index contributed by atoms with van der Waals surface area (Å²) in [7, 11) is -53.3. The third-order valence-electron chi connectivity index (χ3n) is 8.69. The zero-order valence-electron chi connectivity index (χ0n) is 31.0. The Labute approximate surface area is 352 Å². The quantitative estimate of drug-likeness (QED) is 0.0205. The first-order valence-electron chi connectivity index (χ1n) is 16.8. The molecule has 0 aromatic rings. The monoisotopic (exact) mass is 1140 g/mol. The van der Waals surface area contributed by atoms with Crippen LogP contribution < -0.4 is 0 Å². The summed E-state index contributed by atoms with van der Waals surface area (Å²) in [6.45, 7) is -19.6. The summed E-state index contributed by atoms with van der Waals surface area (Å²) in [5, 5.41) is 29.7. The molecule has 0 bridgehead atoms. The molecule has 0 heterocycles. The summed E-state index contributed by atoms with van der Waals surface area (Å²) in [6.07, 6.45) is 0. The Morgan fingerprint density at radius 3 is 1.22 bits per heavy atom. The van der Waals surface area contributed by atoms with Crippen LogP contribution in [0.2, 0.25) is 25.2 Å². The molecule has 0 aromatic heterocycles. The maximum atomic E-state index is 12.5. The molecule has 0 saturated heterocycles. The summed E-state index contributed by atoms with van der Waals surface area (Å²) >= 11 is 0. The lowest BCUT2D eigenvalue weighted by atomic mass is 10.7. The van der Waals surface area contributed by atoms with Gasteiger partial charge in [0.25, 0.3) is 53.8 Å². The lowest BCUT2D eigenvalue weighted by Gasteiger charge is -2.65. The van der Waals surface area contributed by atoms with Crippen LogP contribution in [0.5, 0.6) is 0 Å². The van der Waals surface area contributed by atoms with E-state index in [0.717, 1.165) is 0 Å². The third kappa shape index (κ3) is 13.7. The first-order chi connectivity index (χ1) is 26.0. The minimum atomic E-state index is -5.71. The van der Waals surface area contributed by atoms with Gasteiger partial charge >= 0.3 is 32.3 Å². The van der Waals surface area contributed by atoms with Gasteiger partial charge < -0.3 is 116 Å². The van der Waals surface area contributed by atoms with Gasteiger partial charge in [0.2, 0.25) is 32.3 Å². The molecule has 0 aromatic carbocycles. The van der Waals surface area contributed by atoms with Crippen LogP contribution in [0.3, 0.4) is 0 Å². The van der Waals surface area contributed by atoms with Gasteiger partial charge in [0.05, 0.1) is 26.4 Å². The van der Waals surface area contributed by atoms with Gasteiger partial charge in [-0.1, -0.05) is 0 Å². The van der Waals surface area contributed by atoms with Crippen molar-refractivity contribution >= 4 is 174 Å². The van der Waals surface area contributed by atoms with Crippen LogP contribution in [-0.4, -0.2) is 291 Å². The first-order valence-corrected chi connectivity index (χ1v) is 65.6. The van der Waals surface area contributed by atoms with E-state index in [0.29, 0.717) is 0 Å². The molecule has 0 aliphatic heterocycles. The molecule has 0 radical (unpaired) electrons. The fraction of sp³-hybridized carbons (Fsp3) is 1.00. The fourth-order valence-electron chi connectivity index (χ4n) is 6.05. The molecule has 0 amide bonds. The molecule has 0 spiro atoms. The van der Waals surface area contributed by atoms with Crippen molar-refractivity contribution in [3.63, 3.8) is 0 Å². The standard InChI is InChI=1S/C10H62O25Si20/c1-48(2,28-8-7-27-6-3-11)33-51(52(42-20,43-21)30-37-15,35-50(40-18,41-19)29-36-14)55(53(44-22,45-23)31-38-16,54(46-24,47-25)32-39-17)34-49(26,9-4-12)10-5-13/h11-26H,3-10,36-47H2,1-2H3. The van der Waals surface area contributed by atoms with Crippen molar-refractivity contribution in [3.8, 4) is 0 Å². The average molecular weight is 1140 g/mol. The molecule has 0 fully saturated rings. The minimum absolute atomic E-state index is 0.0652. The van der Waals surface area contributed by atoms with Crippen LogP contribution in [0.25, 0.3) is 0 Å². The fourth-order valence-corrected chi connectivity index (χ4v) is 359. The number of rotatable bonds is 36. The summed E-state index contributed by atoms with van der Waals surface area (Å²) in [4.78, 5) is 147. The maximum Gasteiger partial charge on any atom is 0.338 e. The van der Waals surface area contributed by atoms with Crippen molar-refractivity contribution in [2.24, 2.45) is 0 Å². The van der Waals surface area contributed by atoms with Gasteiger partial charge in [-0.25, -0.2) is 0 Å². The predicted molar refractivity (Wildman–Crippen MR) is 244 cm³/mol. The second-order valence-electron chi connectivity index (χ2n) is 12.3. The lowest BCUT2D eigenvalue weighted by Crippen LogP contribution is -3.07. The van der Waals surface area contributed by atoms with Crippen LogP contribution in [0.4, 0.5) is 0 Å². The van der Waals surface area contributed by atoms with E-state index >= 15 is 0 Å². The van der Waals surface area contributed by atoms with Gasteiger partial charge in [-0.2, -0.15) is 0 Å². The van der Waals surface area contributed by atoms with Gasteiger partial charge in [-0.15, -0.1) is 0 Å². The van der Waals surface area contributed by atoms with E-state index in [4.69, 9.17) is 38.0 Å². The highest BCUT2D eigenvalue weighted by Crippen LogP contribution is 2.46. The Bertz CT molecular complexity index is 987. The van der Waals surface area contributed by atoms with E-state index in [2.05, 4.69) is 0 Å². The Balaban J connectivity index is 9.88. The summed E-state index contributed by atoms with van der Waals surface area (Å²) in [5.74, 6) is 0. The maximum absolute atomic E-state index is 12.5. The number of ether oxygens (including phenoxy) is 1. The molecule has 0 saturated carbocycles. The van der Waals surface area contributed by atoms with Crippen LogP contribution in [0, 0.1) is 0 Å². The topological polar surface area (TPSA) is 407 Å². The smallest absolute Gasteiger partial charge is 0.338 e. The summed E-state index contributed by atoms with van der Waals surface area (Å²) in [5.41, 5.74) is 0. The van der Waals surface area contributed by atoms with Crippen LogP contribution in [0.1, 0.15) is 0 Å². The summed E-state index contributed by atoms with van der Waals surface area (Å²) < 4.78 is 57.3. The first kappa shape index (κ1) is 58.3. The molecule has 1 unspecified atom stereocenters. The summed E-state index contributed by atoms with van der Waals surface area (Å²) in [6, 6.07) is -1.20. The van der Waals surface area contributed by atoms with E-state index in [9.17, 15) is 77.7 Å². The molecule has 25 nitrogen and oxygen atoms in total. The molecule has 1 atom stereocenters. The molecular formula is C10H62O25Si20. The SMILES string of the molecule is C[Si](C)(OCCOCCO)O[Si](O[Si](O[SiH2]O)([SiH2]O)[SiH2]O)([Si](O[SiH2]O)([SiH2]O)[SiH2]O)[Si](O[Si](O)(CCO)CCO)([Si](O[SiH2]O)([SiH2]O)[SiH2]O)[Si](O[SiH2]O)([SiH2]O)[SiH2]O. The Morgan fingerprint density at radius 1 is 0.455 bits per heavy atom. The van der Waals surface area contributed by atoms with E-state index in [1.165, 1.54) is 13.1 Å². The number of aliphatic hydroxyl groups is 3. The molecule has 55 heavy (non-hydrogen) atoms. The van der Waals surface area contributed by atoms with Crippen LogP contribution in [0.15, 0.2) is 0 Å². The van der Waals surface area contributed by atoms with Gasteiger partial charge in [0.15, 0.2) is 55.7 Å². The second kappa shape index (κ2) is 28.2. The molecular weight excluding hydrogens is 1080 g/mol. The minimum Gasteiger partial charge on any atom is -0.441 e. The molecule has 16 N–H and O–H groups in total. The van der Waals surface area contributed by atoms with Crippen molar-refractivity contribution in [1.82, 2.24) is 0 Å². The highest BCUT2D eigenvalue weighted by Gasteiger charge is 2.91. The third-order valence-corrected chi connectivity index (χ3v) is 210. The van der Waals surface area contributed by atoms with Gasteiger partial charge in [-0.05, 0) is 13.1 Å². The molecule has 332 valence electrons. The van der Waals surface area contributed by atoms with Crippen molar-refractivity contribution in [1.29, 1.82) is 0 Å². The van der Waals surface area contributed by atoms with Crippen LogP contribution >= 0.6 is 0 Å². The van der Waals surface area contributed by atoms with Crippen LogP contribution in [-0.2, 0) is 38.0 Å². The largest absolute Gasteiger partial charge is 0.441 e. The van der Waals surface area contributed by atoms with E-state index in [1.807, 2.05) is 0 Å². The van der Waals surface area contributed by atoms with Crippen molar-refractivity contribution in [2.75, 3.05) is 39.6 Å². The second-order valence-corrected chi connectivity index (χ2v) is 123. The number of aliphatic hydroxyl groups excluding tert-OH is 3. The average Bonchev–Trinajstić information content (AvgIpc) is 3.16. The van der Waals surface area contributed by atoms with E-state index in [1.54, 1.807) is 0 Å². The molecule has 45 heteroatoms. The molecule has 0 aliphatic rings. The molecule has 0 rings (SSSR count). The number of hydrogen-bond acceptors (Lipinski definition) is 25. The van der Waals surface area contributed by atoms with Gasteiger partial charge in [0, 0.05) is 25.3 Å². The van der Waals surface area contributed by atoms with Crippen molar-refractivity contribution in [3.05, 3.63) is 0 Å². The highest BCUT2D eigenvalue weighted by molar-refractivity contribution is 8.15. The highest BCUT2D eigenvalue weighted by atomic mass is 30.4.